The molecular weight excluding hydrogens is 378 g/mol. The van der Waals surface area contributed by atoms with Gasteiger partial charge in [0.15, 0.2) is 0 Å². The lowest BCUT2D eigenvalue weighted by atomic mass is 10.1. The first kappa shape index (κ1) is 19.8. The SMILES string of the molecule is CCOC=CCc1ccc(OCCc2nc(-c3ccccc3)oc2C)c2ccoc12. The molecule has 0 aliphatic carbocycles. The first-order valence-corrected chi connectivity index (χ1v) is 10.2. The van der Waals surface area contributed by atoms with Crippen LogP contribution in [-0.4, -0.2) is 18.2 Å². The minimum absolute atomic E-state index is 0.505. The predicted octanol–water partition coefficient (Wildman–Crippen LogP) is 6.11. The molecule has 0 fully saturated rings. The third-order valence-electron chi connectivity index (χ3n) is 4.86. The fourth-order valence-electron chi connectivity index (χ4n) is 3.34. The predicted molar refractivity (Wildman–Crippen MR) is 117 cm³/mol. The molecule has 0 aliphatic rings. The van der Waals surface area contributed by atoms with E-state index in [0.29, 0.717) is 25.5 Å². The van der Waals surface area contributed by atoms with Crippen LogP contribution in [0.2, 0.25) is 0 Å². The zero-order valence-corrected chi connectivity index (χ0v) is 17.3. The van der Waals surface area contributed by atoms with Gasteiger partial charge in [-0.2, -0.15) is 0 Å². The van der Waals surface area contributed by atoms with Crippen LogP contribution in [0.25, 0.3) is 22.4 Å². The van der Waals surface area contributed by atoms with Crippen molar-refractivity contribution in [1.29, 1.82) is 0 Å². The number of rotatable bonds is 9. The monoisotopic (exact) mass is 403 g/mol. The molecule has 30 heavy (non-hydrogen) atoms. The van der Waals surface area contributed by atoms with E-state index >= 15 is 0 Å². The second kappa shape index (κ2) is 9.35. The topological polar surface area (TPSA) is 57.6 Å². The van der Waals surface area contributed by atoms with E-state index in [-0.39, 0.29) is 0 Å². The summed E-state index contributed by atoms with van der Waals surface area (Å²) in [5, 5.41) is 0.971. The average Bonchev–Trinajstić information content (AvgIpc) is 3.40. The van der Waals surface area contributed by atoms with Crippen molar-refractivity contribution in [1.82, 2.24) is 4.98 Å². The molecule has 4 aromatic rings. The molecule has 0 radical (unpaired) electrons. The van der Waals surface area contributed by atoms with Crippen LogP contribution >= 0.6 is 0 Å². The van der Waals surface area contributed by atoms with Crippen molar-refractivity contribution in [2.45, 2.75) is 26.7 Å². The molecule has 0 atom stereocenters. The van der Waals surface area contributed by atoms with E-state index in [1.165, 1.54) is 0 Å². The zero-order chi connectivity index (χ0) is 20.8. The van der Waals surface area contributed by atoms with Gasteiger partial charge in [0, 0.05) is 12.0 Å². The summed E-state index contributed by atoms with van der Waals surface area (Å²) in [6.07, 6.45) is 6.81. The van der Waals surface area contributed by atoms with Crippen LogP contribution in [0.3, 0.4) is 0 Å². The summed E-state index contributed by atoms with van der Waals surface area (Å²) in [5.41, 5.74) is 3.83. The molecule has 5 heteroatoms. The van der Waals surface area contributed by atoms with E-state index in [1.54, 1.807) is 12.5 Å². The van der Waals surface area contributed by atoms with Crippen molar-refractivity contribution >= 4 is 11.0 Å². The number of benzene rings is 2. The fraction of sp³-hybridized carbons (Fsp3) is 0.240. The molecule has 2 aromatic heterocycles. The summed E-state index contributed by atoms with van der Waals surface area (Å²) >= 11 is 0. The Hall–Kier alpha value is -3.47. The van der Waals surface area contributed by atoms with E-state index < -0.39 is 0 Å². The highest BCUT2D eigenvalue weighted by Gasteiger charge is 2.13. The molecule has 0 amide bonds. The quantitative estimate of drug-likeness (QED) is 0.316. The van der Waals surface area contributed by atoms with Crippen LogP contribution in [0.4, 0.5) is 0 Å². The van der Waals surface area contributed by atoms with Crippen LogP contribution in [0.5, 0.6) is 5.75 Å². The molecule has 2 heterocycles. The molecule has 4 rings (SSSR count). The molecule has 0 unspecified atom stereocenters. The van der Waals surface area contributed by atoms with E-state index in [2.05, 4.69) is 4.98 Å². The maximum atomic E-state index is 6.07. The van der Waals surface area contributed by atoms with Crippen LogP contribution in [0.15, 0.2) is 76.0 Å². The van der Waals surface area contributed by atoms with Gasteiger partial charge in [-0.05, 0) is 56.2 Å². The normalized spacial score (nSPS) is 11.4. The minimum Gasteiger partial charge on any atom is -0.502 e. The van der Waals surface area contributed by atoms with Crippen molar-refractivity contribution in [2.75, 3.05) is 13.2 Å². The Labute approximate surface area is 175 Å². The highest BCUT2D eigenvalue weighted by Crippen LogP contribution is 2.30. The molecule has 0 bridgehead atoms. The lowest BCUT2D eigenvalue weighted by Gasteiger charge is -2.08. The minimum atomic E-state index is 0.505. The van der Waals surface area contributed by atoms with Gasteiger partial charge in [-0.1, -0.05) is 24.3 Å². The van der Waals surface area contributed by atoms with Gasteiger partial charge in [0.25, 0.3) is 0 Å². The number of hydrogen-bond acceptors (Lipinski definition) is 5. The van der Waals surface area contributed by atoms with E-state index in [0.717, 1.165) is 45.7 Å². The lowest BCUT2D eigenvalue weighted by Crippen LogP contribution is -2.03. The second-order valence-electron chi connectivity index (χ2n) is 6.90. The van der Waals surface area contributed by atoms with Gasteiger partial charge in [-0.25, -0.2) is 4.98 Å². The Bertz CT molecular complexity index is 1120. The average molecular weight is 403 g/mol. The number of hydrogen-bond donors (Lipinski definition) is 0. The van der Waals surface area contributed by atoms with Gasteiger partial charge < -0.3 is 18.3 Å². The number of fused-ring (bicyclic) bond motifs is 1. The van der Waals surface area contributed by atoms with Crippen LogP contribution in [0.1, 0.15) is 23.9 Å². The molecule has 2 aromatic carbocycles. The van der Waals surface area contributed by atoms with Gasteiger partial charge in [0.1, 0.15) is 17.1 Å². The standard InChI is InChI=1S/C25H25NO4/c1-3-27-15-7-10-19-11-12-23(21-13-16-29-24(19)21)28-17-14-22-18(2)30-25(26-22)20-8-5-4-6-9-20/h4-9,11-13,15-16H,3,10,14,17H2,1-2H3. The zero-order valence-electron chi connectivity index (χ0n) is 17.3. The Morgan fingerprint density at radius 2 is 1.93 bits per heavy atom. The van der Waals surface area contributed by atoms with Gasteiger partial charge in [0.2, 0.25) is 5.89 Å². The fourth-order valence-corrected chi connectivity index (χ4v) is 3.34. The van der Waals surface area contributed by atoms with E-state index in [9.17, 15) is 0 Å². The maximum absolute atomic E-state index is 6.07. The Morgan fingerprint density at radius 1 is 1.07 bits per heavy atom. The molecular formula is C25H25NO4. The van der Waals surface area contributed by atoms with Crippen molar-refractivity contribution < 1.29 is 18.3 Å². The van der Waals surface area contributed by atoms with Gasteiger partial charge in [-0.15, -0.1) is 0 Å². The third-order valence-corrected chi connectivity index (χ3v) is 4.86. The second-order valence-corrected chi connectivity index (χ2v) is 6.90. The first-order valence-electron chi connectivity index (χ1n) is 10.2. The Kier molecular flexibility index (Phi) is 6.18. The van der Waals surface area contributed by atoms with Crippen LogP contribution in [-0.2, 0) is 17.6 Å². The van der Waals surface area contributed by atoms with Crippen LogP contribution < -0.4 is 4.74 Å². The number of oxazole rings is 1. The smallest absolute Gasteiger partial charge is 0.226 e. The highest BCUT2D eigenvalue weighted by molar-refractivity contribution is 5.86. The van der Waals surface area contributed by atoms with Crippen molar-refractivity contribution in [2.24, 2.45) is 0 Å². The lowest BCUT2D eigenvalue weighted by molar-refractivity contribution is 0.268. The summed E-state index contributed by atoms with van der Waals surface area (Å²) in [6, 6.07) is 15.9. The molecule has 0 saturated heterocycles. The molecule has 0 spiro atoms. The molecule has 0 aliphatic heterocycles. The summed E-state index contributed by atoms with van der Waals surface area (Å²) in [4.78, 5) is 4.64. The van der Waals surface area contributed by atoms with Gasteiger partial charge in [-0.3, -0.25) is 0 Å². The Balaban J connectivity index is 1.42. The summed E-state index contributed by atoms with van der Waals surface area (Å²) < 4.78 is 22.9. The number of aromatic nitrogens is 1. The number of ether oxygens (including phenoxy) is 2. The number of aryl methyl sites for hydroxylation is 1. The molecule has 0 saturated carbocycles. The number of allylic oxidation sites excluding steroid dienone is 1. The third kappa shape index (κ3) is 4.40. The van der Waals surface area contributed by atoms with Gasteiger partial charge >= 0.3 is 0 Å². The summed E-state index contributed by atoms with van der Waals surface area (Å²) in [6.45, 7) is 5.07. The Morgan fingerprint density at radius 3 is 2.77 bits per heavy atom. The summed E-state index contributed by atoms with van der Waals surface area (Å²) in [7, 11) is 0. The molecule has 5 nitrogen and oxygen atoms in total. The van der Waals surface area contributed by atoms with Crippen molar-refractivity contribution in [3.63, 3.8) is 0 Å². The number of furan rings is 1. The van der Waals surface area contributed by atoms with Crippen LogP contribution in [0, 0.1) is 6.92 Å². The van der Waals surface area contributed by atoms with E-state index in [1.807, 2.05) is 68.5 Å². The van der Waals surface area contributed by atoms with E-state index in [4.69, 9.17) is 18.3 Å². The highest BCUT2D eigenvalue weighted by atomic mass is 16.5. The largest absolute Gasteiger partial charge is 0.502 e. The van der Waals surface area contributed by atoms with Gasteiger partial charge in [0.05, 0.1) is 36.8 Å². The maximum Gasteiger partial charge on any atom is 0.226 e. The molecule has 154 valence electrons. The first-order chi connectivity index (χ1) is 14.8. The molecule has 0 N–H and O–H groups in total. The van der Waals surface area contributed by atoms with Crippen molar-refractivity contribution in [3.8, 4) is 17.2 Å². The summed E-state index contributed by atoms with van der Waals surface area (Å²) in [5.74, 6) is 2.27. The van der Waals surface area contributed by atoms with Crippen molar-refractivity contribution in [3.05, 3.63) is 84.1 Å². The number of nitrogens with zero attached hydrogens (tertiary/aromatic N) is 1.